The highest BCUT2D eigenvalue weighted by Gasteiger charge is 2.28. The first-order chi connectivity index (χ1) is 14.3. The molecule has 30 heavy (non-hydrogen) atoms. The molecular formula is C21H13ClF2N2O3S. The van der Waals surface area contributed by atoms with E-state index in [1.165, 1.54) is 72.8 Å². The zero-order chi connectivity index (χ0) is 21.3. The Morgan fingerprint density at radius 1 is 0.833 bits per heavy atom. The van der Waals surface area contributed by atoms with Crippen LogP contribution >= 0.6 is 11.6 Å². The van der Waals surface area contributed by atoms with Gasteiger partial charge in [0.25, 0.3) is 0 Å². The fourth-order valence-corrected chi connectivity index (χ4v) is 4.06. The number of sulfone groups is 1. The van der Waals surface area contributed by atoms with Crippen molar-refractivity contribution in [1.82, 2.24) is 4.98 Å². The number of anilines is 2. The number of halogens is 3. The van der Waals surface area contributed by atoms with E-state index in [2.05, 4.69) is 10.3 Å². The Morgan fingerprint density at radius 2 is 1.40 bits per heavy atom. The Labute approximate surface area is 175 Å². The molecule has 0 aliphatic rings. The van der Waals surface area contributed by atoms with E-state index in [-0.39, 0.29) is 21.7 Å². The maximum Gasteiger partial charge on any atom is 0.238 e. The predicted molar refractivity (Wildman–Crippen MR) is 108 cm³/mol. The number of hydrogen-bond donors (Lipinski definition) is 1. The summed E-state index contributed by atoms with van der Waals surface area (Å²) in [7, 11) is -4.08. The maximum absolute atomic E-state index is 13.2. The van der Waals surface area contributed by atoms with Crippen LogP contribution in [0.5, 0.6) is 0 Å². The van der Waals surface area contributed by atoms with Crippen molar-refractivity contribution in [3.05, 3.63) is 89.5 Å². The summed E-state index contributed by atoms with van der Waals surface area (Å²) in [5.41, 5.74) is 0.780. The first kappa shape index (κ1) is 20.1. The average molecular weight is 447 g/mol. The van der Waals surface area contributed by atoms with Crippen LogP contribution in [0, 0.1) is 11.6 Å². The largest absolute Gasteiger partial charge is 0.419 e. The van der Waals surface area contributed by atoms with Crippen LogP contribution in [0.25, 0.3) is 11.5 Å². The summed E-state index contributed by atoms with van der Waals surface area (Å²) in [6, 6.07) is 16.1. The van der Waals surface area contributed by atoms with E-state index in [0.717, 1.165) is 0 Å². The molecule has 0 amide bonds. The van der Waals surface area contributed by atoms with Gasteiger partial charge in [0, 0.05) is 16.3 Å². The van der Waals surface area contributed by atoms with Crippen molar-refractivity contribution in [3.63, 3.8) is 0 Å². The minimum Gasteiger partial charge on any atom is -0.419 e. The second-order valence-electron chi connectivity index (χ2n) is 6.25. The van der Waals surface area contributed by atoms with E-state index < -0.39 is 21.5 Å². The molecule has 0 radical (unpaired) electrons. The minimum atomic E-state index is -4.08. The van der Waals surface area contributed by atoms with E-state index in [0.29, 0.717) is 16.3 Å². The van der Waals surface area contributed by atoms with Gasteiger partial charge in [0.2, 0.25) is 26.6 Å². The van der Waals surface area contributed by atoms with Gasteiger partial charge in [0.1, 0.15) is 11.6 Å². The third-order valence-electron chi connectivity index (χ3n) is 4.17. The first-order valence-electron chi connectivity index (χ1n) is 8.63. The molecule has 1 N–H and O–H groups in total. The summed E-state index contributed by atoms with van der Waals surface area (Å²) in [4.78, 5) is 4.11. The van der Waals surface area contributed by atoms with Crippen LogP contribution in [-0.2, 0) is 9.84 Å². The van der Waals surface area contributed by atoms with Gasteiger partial charge in [-0.05, 0) is 72.8 Å². The summed E-state index contributed by atoms with van der Waals surface area (Å²) in [6.45, 7) is 0. The highest BCUT2D eigenvalue weighted by atomic mass is 35.5. The number of nitrogens with zero attached hydrogens (tertiary/aromatic N) is 1. The molecule has 4 aromatic rings. The van der Waals surface area contributed by atoms with E-state index >= 15 is 0 Å². The first-order valence-corrected chi connectivity index (χ1v) is 10.5. The van der Waals surface area contributed by atoms with Crippen LogP contribution < -0.4 is 5.32 Å². The third kappa shape index (κ3) is 4.05. The molecule has 5 nitrogen and oxygen atoms in total. The Bertz CT molecular complexity index is 1290. The molecule has 1 heterocycles. The van der Waals surface area contributed by atoms with E-state index in [1.807, 2.05) is 0 Å². The van der Waals surface area contributed by atoms with Crippen LogP contribution in [0.4, 0.5) is 20.4 Å². The SMILES string of the molecule is O=S(=O)(c1ccc(Cl)cc1)c1nc(-c2ccc(F)cc2)oc1Nc1ccc(F)cc1. The Balaban J connectivity index is 1.83. The maximum atomic E-state index is 13.2. The monoisotopic (exact) mass is 446 g/mol. The lowest BCUT2D eigenvalue weighted by Crippen LogP contribution is -2.05. The molecule has 0 bridgehead atoms. The molecule has 1 aromatic heterocycles. The quantitative estimate of drug-likeness (QED) is 0.416. The van der Waals surface area contributed by atoms with Crippen LogP contribution in [0.1, 0.15) is 0 Å². The topological polar surface area (TPSA) is 72.2 Å². The molecule has 152 valence electrons. The molecule has 0 aliphatic carbocycles. The van der Waals surface area contributed by atoms with E-state index in [1.54, 1.807) is 0 Å². The molecule has 0 aliphatic heterocycles. The third-order valence-corrected chi connectivity index (χ3v) is 6.10. The molecule has 3 aromatic carbocycles. The molecule has 0 saturated heterocycles. The van der Waals surface area contributed by atoms with Gasteiger partial charge in [-0.1, -0.05) is 11.6 Å². The van der Waals surface area contributed by atoms with Crippen molar-refractivity contribution in [2.24, 2.45) is 0 Å². The minimum absolute atomic E-state index is 0.0212. The molecule has 4 rings (SSSR count). The summed E-state index contributed by atoms with van der Waals surface area (Å²) >= 11 is 5.85. The predicted octanol–water partition coefficient (Wildman–Crippen LogP) is 5.85. The standard InChI is InChI=1S/C21H13ClF2N2O3S/c22-14-3-11-18(12-4-14)30(27,28)21-20(25-17-9-7-16(24)8-10-17)29-19(26-21)13-1-5-15(23)6-2-13/h1-12,25H. The summed E-state index contributed by atoms with van der Waals surface area (Å²) in [6.07, 6.45) is 0. The Kier molecular flexibility index (Phi) is 5.27. The number of rotatable bonds is 5. The fraction of sp³-hybridized carbons (Fsp3) is 0. The number of hydrogen-bond acceptors (Lipinski definition) is 5. The normalized spacial score (nSPS) is 11.4. The lowest BCUT2D eigenvalue weighted by molar-refractivity contribution is 0.581. The van der Waals surface area contributed by atoms with Crippen LogP contribution in [0.15, 0.2) is 87.1 Å². The molecular weight excluding hydrogens is 434 g/mol. The second-order valence-corrected chi connectivity index (χ2v) is 8.55. The number of nitrogens with one attached hydrogen (secondary N) is 1. The van der Waals surface area contributed by atoms with Crippen molar-refractivity contribution >= 4 is 33.0 Å². The van der Waals surface area contributed by atoms with Gasteiger partial charge < -0.3 is 9.73 Å². The van der Waals surface area contributed by atoms with Crippen LogP contribution in [-0.4, -0.2) is 13.4 Å². The number of aromatic nitrogens is 1. The van der Waals surface area contributed by atoms with Gasteiger partial charge in [-0.15, -0.1) is 0 Å². The van der Waals surface area contributed by atoms with Crippen molar-refractivity contribution in [1.29, 1.82) is 0 Å². The number of benzene rings is 3. The molecule has 0 atom stereocenters. The highest BCUT2D eigenvalue weighted by Crippen LogP contribution is 2.34. The van der Waals surface area contributed by atoms with Crippen molar-refractivity contribution in [2.75, 3.05) is 5.32 Å². The summed E-state index contributed by atoms with van der Waals surface area (Å²) < 4.78 is 58.5. The molecule has 0 saturated carbocycles. The highest BCUT2D eigenvalue weighted by molar-refractivity contribution is 7.91. The van der Waals surface area contributed by atoms with Gasteiger partial charge in [-0.25, -0.2) is 17.2 Å². The zero-order valence-electron chi connectivity index (χ0n) is 15.1. The van der Waals surface area contributed by atoms with Gasteiger partial charge in [-0.3, -0.25) is 0 Å². The fourth-order valence-electron chi connectivity index (χ4n) is 2.67. The second kappa shape index (κ2) is 7.89. The summed E-state index contributed by atoms with van der Waals surface area (Å²) in [5, 5.41) is 2.83. The van der Waals surface area contributed by atoms with Crippen molar-refractivity contribution < 1.29 is 21.6 Å². The average Bonchev–Trinajstić information content (AvgIpc) is 3.15. The lowest BCUT2D eigenvalue weighted by atomic mass is 10.2. The summed E-state index contributed by atoms with van der Waals surface area (Å²) in [5.74, 6) is -1.08. The Hall–Kier alpha value is -3.23. The van der Waals surface area contributed by atoms with Gasteiger partial charge in [0.05, 0.1) is 4.90 Å². The number of oxazole rings is 1. The molecule has 0 fully saturated rings. The zero-order valence-corrected chi connectivity index (χ0v) is 16.7. The van der Waals surface area contributed by atoms with Crippen molar-refractivity contribution in [2.45, 2.75) is 9.92 Å². The van der Waals surface area contributed by atoms with E-state index in [9.17, 15) is 17.2 Å². The Morgan fingerprint density at radius 3 is 2.00 bits per heavy atom. The van der Waals surface area contributed by atoms with Crippen LogP contribution in [0.2, 0.25) is 5.02 Å². The van der Waals surface area contributed by atoms with Crippen molar-refractivity contribution in [3.8, 4) is 11.5 Å². The van der Waals surface area contributed by atoms with E-state index in [4.69, 9.17) is 16.0 Å². The van der Waals surface area contributed by atoms with Crippen LogP contribution in [0.3, 0.4) is 0 Å². The smallest absolute Gasteiger partial charge is 0.238 e. The van der Waals surface area contributed by atoms with Gasteiger partial charge >= 0.3 is 0 Å². The van der Waals surface area contributed by atoms with Gasteiger partial charge in [-0.2, -0.15) is 4.98 Å². The molecule has 0 unspecified atom stereocenters. The van der Waals surface area contributed by atoms with Gasteiger partial charge in [0.15, 0.2) is 0 Å². The molecule has 0 spiro atoms. The lowest BCUT2D eigenvalue weighted by Gasteiger charge is -2.06. The molecule has 9 heteroatoms.